The Labute approximate surface area is 191 Å². The highest BCUT2D eigenvalue weighted by Crippen LogP contribution is 2.36. The Hall–Kier alpha value is -2.70. The fourth-order valence-electron chi connectivity index (χ4n) is 3.15. The second kappa shape index (κ2) is 10.1. The zero-order chi connectivity index (χ0) is 22.5. The van der Waals surface area contributed by atoms with Gasteiger partial charge in [-0.2, -0.15) is 0 Å². The van der Waals surface area contributed by atoms with Crippen LogP contribution in [0.3, 0.4) is 0 Å². The number of hydrogen-bond donors (Lipinski definition) is 1. The maximum atomic E-state index is 12.5. The zero-order valence-corrected chi connectivity index (χ0v) is 18.9. The van der Waals surface area contributed by atoms with Crippen molar-refractivity contribution in [1.82, 2.24) is 0 Å². The third-order valence-electron chi connectivity index (χ3n) is 4.58. The van der Waals surface area contributed by atoms with Gasteiger partial charge in [0, 0.05) is 23.7 Å². The number of fused-ring (bicyclic) bond motifs is 1. The summed E-state index contributed by atoms with van der Waals surface area (Å²) < 4.78 is 11.3. The third-order valence-corrected chi connectivity index (χ3v) is 5.11. The van der Waals surface area contributed by atoms with Crippen molar-refractivity contribution in [3.63, 3.8) is 0 Å². The third kappa shape index (κ3) is 5.93. The zero-order valence-electron chi connectivity index (χ0n) is 17.4. The summed E-state index contributed by atoms with van der Waals surface area (Å²) in [5, 5.41) is 3.82. The number of halogens is 2. The van der Waals surface area contributed by atoms with Gasteiger partial charge in [0.15, 0.2) is 6.10 Å². The van der Waals surface area contributed by atoms with E-state index in [9.17, 15) is 9.59 Å². The van der Waals surface area contributed by atoms with Gasteiger partial charge in [0.1, 0.15) is 11.5 Å². The van der Waals surface area contributed by atoms with Crippen LogP contribution in [0.1, 0.15) is 26.7 Å². The molecule has 164 valence electrons. The normalized spacial score (nSPS) is 15.2. The van der Waals surface area contributed by atoms with Gasteiger partial charge in [0.2, 0.25) is 5.91 Å². The molecule has 2 aromatic rings. The molecule has 1 heterocycles. The van der Waals surface area contributed by atoms with E-state index in [1.165, 1.54) is 0 Å². The molecule has 0 radical (unpaired) electrons. The lowest BCUT2D eigenvalue weighted by Crippen LogP contribution is -2.45. The molecule has 0 aliphatic carbocycles. The number of carbonyl (C=O) groups excluding carboxylic acids is 2. The molecule has 31 heavy (non-hydrogen) atoms. The lowest BCUT2D eigenvalue weighted by atomic mass is 10.1. The van der Waals surface area contributed by atoms with E-state index in [-0.39, 0.29) is 18.2 Å². The van der Waals surface area contributed by atoms with Crippen molar-refractivity contribution in [3.05, 3.63) is 58.6 Å². The molecule has 0 spiro atoms. The summed E-state index contributed by atoms with van der Waals surface area (Å²) in [7, 11) is 0. The summed E-state index contributed by atoms with van der Waals surface area (Å²) in [6.07, 6.45) is 0.211. The van der Waals surface area contributed by atoms with E-state index in [4.69, 9.17) is 32.7 Å². The molecule has 0 aromatic heterocycles. The molecule has 0 saturated carbocycles. The van der Waals surface area contributed by atoms with Crippen LogP contribution in [0.2, 0.25) is 10.0 Å². The first kappa shape index (κ1) is 23.0. The van der Waals surface area contributed by atoms with Crippen molar-refractivity contribution in [2.24, 2.45) is 0 Å². The Morgan fingerprint density at radius 1 is 1.26 bits per heavy atom. The molecule has 1 aliphatic heterocycles. The molecular formula is C23H24Cl2N2O4. The Bertz CT molecular complexity index is 1010. The number of nitrogens with one attached hydrogen (secondary N) is 1. The number of benzene rings is 2. The Morgan fingerprint density at radius 3 is 2.74 bits per heavy atom. The topological polar surface area (TPSA) is 67.9 Å². The fourth-order valence-corrected chi connectivity index (χ4v) is 3.61. The molecule has 1 unspecified atom stereocenters. The molecule has 1 N–H and O–H groups in total. The molecule has 3 rings (SSSR count). The molecule has 0 fully saturated rings. The number of amides is 2. The molecule has 1 aliphatic rings. The van der Waals surface area contributed by atoms with Gasteiger partial charge in [-0.3, -0.25) is 9.59 Å². The van der Waals surface area contributed by atoms with E-state index >= 15 is 0 Å². The second-order valence-electron chi connectivity index (χ2n) is 7.40. The summed E-state index contributed by atoms with van der Waals surface area (Å²) >= 11 is 11.9. The maximum absolute atomic E-state index is 12.5. The van der Waals surface area contributed by atoms with Crippen LogP contribution in [0.4, 0.5) is 11.4 Å². The van der Waals surface area contributed by atoms with Crippen LogP contribution in [0, 0.1) is 0 Å². The van der Waals surface area contributed by atoms with Crippen molar-refractivity contribution < 1.29 is 19.1 Å². The number of carbonyl (C=O) groups is 2. The van der Waals surface area contributed by atoms with Crippen molar-refractivity contribution in [3.8, 4) is 11.5 Å². The number of nitrogens with zero attached hydrogens (tertiary/aromatic N) is 1. The molecule has 2 amide bonds. The van der Waals surface area contributed by atoms with Gasteiger partial charge < -0.3 is 19.7 Å². The maximum Gasteiger partial charge on any atom is 0.268 e. The lowest BCUT2D eigenvalue weighted by molar-refractivity contribution is -0.125. The Kier molecular flexibility index (Phi) is 7.46. The van der Waals surface area contributed by atoms with E-state index in [0.717, 1.165) is 5.57 Å². The van der Waals surface area contributed by atoms with E-state index in [1.807, 2.05) is 6.92 Å². The standard InChI is InChI=1S/C23H24Cl2N2O4/c1-14(2)13-27-19-12-17(7-9-21(19)31-15(3)23(27)29)26-22(28)5-4-10-30-20-8-6-16(24)11-18(20)25/h6-9,11-12,15H,1,4-5,10,13H2,2-3H3,(H,26,28). The first-order valence-electron chi connectivity index (χ1n) is 9.89. The summed E-state index contributed by atoms with van der Waals surface area (Å²) in [4.78, 5) is 26.5. The van der Waals surface area contributed by atoms with Crippen LogP contribution in [0.25, 0.3) is 0 Å². The van der Waals surface area contributed by atoms with Crippen LogP contribution < -0.4 is 19.7 Å². The summed E-state index contributed by atoms with van der Waals surface area (Å²) in [5.74, 6) is 0.822. The summed E-state index contributed by atoms with van der Waals surface area (Å²) in [6.45, 7) is 8.20. The van der Waals surface area contributed by atoms with Gasteiger partial charge in [-0.05, 0) is 56.7 Å². The largest absolute Gasteiger partial charge is 0.492 e. The van der Waals surface area contributed by atoms with Crippen molar-refractivity contribution >= 4 is 46.4 Å². The summed E-state index contributed by atoms with van der Waals surface area (Å²) in [6, 6.07) is 10.2. The van der Waals surface area contributed by atoms with Crippen LogP contribution in [-0.2, 0) is 9.59 Å². The van der Waals surface area contributed by atoms with Crippen LogP contribution >= 0.6 is 23.2 Å². The second-order valence-corrected chi connectivity index (χ2v) is 8.24. The highest BCUT2D eigenvalue weighted by Gasteiger charge is 2.31. The number of anilines is 2. The van der Waals surface area contributed by atoms with E-state index < -0.39 is 6.10 Å². The average molecular weight is 463 g/mol. The lowest BCUT2D eigenvalue weighted by Gasteiger charge is -2.33. The van der Waals surface area contributed by atoms with Crippen molar-refractivity contribution in [2.75, 3.05) is 23.4 Å². The Morgan fingerprint density at radius 2 is 2.03 bits per heavy atom. The van der Waals surface area contributed by atoms with E-state index in [2.05, 4.69) is 11.9 Å². The highest BCUT2D eigenvalue weighted by molar-refractivity contribution is 6.35. The smallest absolute Gasteiger partial charge is 0.268 e. The minimum Gasteiger partial charge on any atom is -0.492 e. The monoisotopic (exact) mass is 462 g/mol. The molecule has 0 bridgehead atoms. The van der Waals surface area contributed by atoms with Gasteiger partial charge in [-0.15, -0.1) is 0 Å². The van der Waals surface area contributed by atoms with Gasteiger partial charge in [-0.1, -0.05) is 35.4 Å². The summed E-state index contributed by atoms with van der Waals surface area (Å²) in [5.41, 5.74) is 2.05. The van der Waals surface area contributed by atoms with Crippen LogP contribution in [0.5, 0.6) is 11.5 Å². The molecule has 1 atom stereocenters. The first-order valence-corrected chi connectivity index (χ1v) is 10.6. The van der Waals surface area contributed by atoms with Gasteiger partial charge >= 0.3 is 0 Å². The molecule has 0 saturated heterocycles. The quantitative estimate of drug-likeness (QED) is 0.416. The first-order chi connectivity index (χ1) is 14.7. The average Bonchev–Trinajstić information content (AvgIpc) is 2.70. The van der Waals surface area contributed by atoms with E-state index in [1.54, 1.807) is 48.2 Å². The molecule has 8 heteroatoms. The van der Waals surface area contributed by atoms with Crippen molar-refractivity contribution in [2.45, 2.75) is 32.8 Å². The SMILES string of the molecule is C=C(C)CN1C(=O)C(C)Oc2ccc(NC(=O)CCCOc3ccc(Cl)cc3Cl)cc21. The predicted octanol–water partition coefficient (Wildman–Crippen LogP) is 5.48. The van der Waals surface area contributed by atoms with E-state index in [0.29, 0.717) is 52.5 Å². The Balaban J connectivity index is 1.57. The number of ether oxygens (including phenoxy) is 2. The van der Waals surface area contributed by atoms with Gasteiger partial charge in [0.25, 0.3) is 5.91 Å². The highest BCUT2D eigenvalue weighted by atomic mass is 35.5. The fraction of sp³-hybridized carbons (Fsp3) is 0.304. The van der Waals surface area contributed by atoms with Gasteiger partial charge in [0.05, 0.1) is 17.3 Å². The minimum absolute atomic E-state index is 0.142. The number of rotatable bonds is 8. The van der Waals surface area contributed by atoms with Crippen LogP contribution in [0.15, 0.2) is 48.6 Å². The molecule has 2 aromatic carbocycles. The van der Waals surface area contributed by atoms with Crippen LogP contribution in [-0.4, -0.2) is 31.1 Å². The predicted molar refractivity (Wildman–Crippen MR) is 124 cm³/mol. The minimum atomic E-state index is -0.568. The molecular weight excluding hydrogens is 439 g/mol. The number of hydrogen-bond acceptors (Lipinski definition) is 4. The van der Waals surface area contributed by atoms with Crippen molar-refractivity contribution in [1.29, 1.82) is 0 Å². The van der Waals surface area contributed by atoms with Gasteiger partial charge in [-0.25, -0.2) is 0 Å². The molecule has 6 nitrogen and oxygen atoms in total.